The Morgan fingerprint density at radius 3 is 2.42 bits per heavy atom. The molecule has 1 aromatic rings. The molecule has 0 aliphatic heterocycles. The number of benzene rings is 1. The van der Waals surface area contributed by atoms with Crippen molar-refractivity contribution in [2.45, 2.75) is 44.9 Å². The minimum Gasteiger partial charge on any atom is -0.496 e. The second-order valence-electron chi connectivity index (χ2n) is 5.60. The van der Waals surface area contributed by atoms with Gasteiger partial charge < -0.3 is 4.74 Å². The van der Waals surface area contributed by atoms with Crippen LogP contribution in [0.2, 0.25) is 5.02 Å². The summed E-state index contributed by atoms with van der Waals surface area (Å²) in [5.74, 6) is 0.770. The van der Waals surface area contributed by atoms with Gasteiger partial charge >= 0.3 is 0 Å². The lowest BCUT2D eigenvalue weighted by Gasteiger charge is -2.53. The van der Waals surface area contributed by atoms with Gasteiger partial charge in [-0.05, 0) is 36.5 Å². The molecule has 3 heteroatoms. The summed E-state index contributed by atoms with van der Waals surface area (Å²) in [5, 5.41) is 10.3. The Morgan fingerprint density at radius 1 is 1.32 bits per heavy atom. The summed E-state index contributed by atoms with van der Waals surface area (Å²) >= 11 is 6.09. The van der Waals surface area contributed by atoms with Crippen LogP contribution in [-0.2, 0) is 5.41 Å². The maximum atomic E-state index is 9.68. The van der Waals surface area contributed by atoms with Crippen molar-refractivity contribution in [3.63, 3.8) is 0 Å². The monoisotopic (exact) mass is 277 g/mol. The fourth-order valence-electron chi connectivity index (χ4n) is 3.36. The van der Waals surface area contributed by atoms with E-state index in [9.17, 15) is 5.26 Å². The largest absolute Gasteiger partial charge is 0.496 e. The average molecular weight is 278 g/mol. The van der Waals surface area contributed by atoms with E-state index in [1.165, 1.54) is 0 Å². The normalized spacial score (nSPS) is 19.3. The maximum absolute atomic E-state index is 9.68. The van der Waals surface area contributed by atoms with Crippen molar-refractivity contribution in [2.24, 2.45) is 5.41 Å². The minimum atomic E-state index is -0.428. The van der Waals surface area contributed by atoms with Gasteiger partial charge in [0, 0.05) is 10.6 Å². The van der Waals surface area contributed by atoms with Crippen molar-refractivity contribution in [3.05, 3.63) is 28.8 Å². The van der Waals surface area contributed by atoms with E-state index in [1.54, 1.807) is 13.2 Å². The van der Waals surface area contributed by atoms with Crippen LogP contribution in [-0.4, -0.2) is 7.11 Å². The molecule has 0 spiro atoms. The Kier molecular flexibility index (Phi) is 3.78. The number of nitrogens with zero attached hydrogens (tertiary/aromatic N) is 1. The Hall–Kier alpha value is -1.20. The molecule has 0 saturated heterocycles. The first-order valence-electron chi connectivity index (χ1n) is 6.80. The molecule has 102 valence electrons. The maximum Gasteiger partial charge on any atom is 0.123 e. The van der Waals surface area contributed by atoms with Crippen molar-refractivity contribution in [1.29, 1.82) is 5.26 Å². The fraction of sp³-hybridized carbons (Fsp3) is 0.562. The van der Waals surface area contributed by atoms with Crippen LogP contribution in [0.25, 0.3) is 0 Å². The molecule has 0 heterocycles. The first-order chi connectivity index (χ1) is 9.04. The summed E-state index contributed by atoms with van der Waals surface area (Å²) in [5.41, 5.74) is 0.827. The van der Waals surface area contributed by atoms with Gasteiger partial charge in [0.2, 0.25) is 0 Å². The lowest BCUT2D eigenvalue weighted by atomic mass is 9.49. The highest BCUT2D eigenvalue weighted by molar-refractivity contribution is 6.30. The van der Waals surface area contributed by atoms with Crippen LogP contribution in [0.1, 0.15) is 45.1 Å². The van der Waals surface area contributed by atoms with Crippen LogP contribution < -0.4 is 4.74 Å². The van der Waals surface area contributed by atoms with E-state index in [2.05, 4.69) is 19.9 Å². The second-order valence-corrected chi connectivity index (χ2v) is 6.04. The molecule has 0 amide bonds. The van der Waals surface area contributed by atoms with Crippen molar-refractivity contribution in [1.82, 2.24) is 0 Å². The highest BCUT2D eigenvalue weighted by atomic mass is 35.5. The lowest BCUT2D eigenvalue weighted by molar-refractivity contribution is 0.0466. The van der Waals surface area contributed by atoms with E-state index in [-0.39, 0.29) is 0 Å². The Bertz CT molecular complexity index is 506. The molecular weight excluding hydrogens is 258 g/mol. The first-order valence-corrected chi connectivity index (χ1v) is 7.18. The molecule has 0 N–H and O–H groups in total. The summed E-state index contributed by atoms with van der Waals surface area (Å²) in [4.78, 5) is 0. The Morgan fingerprint density at radius 2 is 1.95 bits per heavy atom. The molecule has 1 saturated carbocycles. The quantitative estimate of drug-likeness (QED) is 0.798. The van der Waals surface area contributed by atoms with Gasteiger partial charge in [-0.15, -0.1) is 0 Å². The first kappa shape index (κ1) is 14.2. The van der Waals surface area contributed by atoms with Gasteiger partial charge in [0.05, 0.1) is 18.6 Å². The number of hydrogen-bond acceptors (Lipinski definition) is 2. The van der Waals surface area contributed by atoms with E-state index in [4.69, 9.17) is 16.3 Å². The van der Waals surface area contributed by atoms with E-state index < -0.39 is 5.41 Å². The molecule has 2 rings (SSSR count). The van der Waals surface area contributed by atoms with Crippen molar-refractivity contribution in [2.75, 3.05) is 7.11 Å². The third-order valence-corrected chi connectivity index (χ3v) is 4.98. The molecule has 2 nitrogen and oxygen atoms in total. The number of methoxy groups -OCH3 is 1. The summed E-state index contributed by atoms with van der Waals surface area (Å²) < 4.78 is 5.41. The predicted octanol–water partition coefficient (Wildman–Crippen LogP) is 4.71. The summed E-state index contributed by atoms with van der Waals surface area (Å²) in [6, 6.07) is 8.07. The number of hydrogen-bond donors (Lipinski definition) is 0. The Labute approximate surface area is 120 Å². The zero-order chi connectivity index (χ0) is 14.1. The average Bonchev–Trinajstić information content (AvgIpc) is 2.40. The van der Waals surface area contributed by atoms with Gasteiger partial charge in [-0.3, -0.25) is 0 Å². The van der Waals surface area contributed by atoms with Crippen LogP contribution in [0.15, 0.2) is 18.2 Å². The highest BCUT2D eigenvalue weighted by Crippen LogP contribution is 2.60. The van der Waals surface area contributed by atoms with Crippen LogP contribution in [0.4, 0.5) is 0 Å². The third kappa shape index (κ3) is 2.21. The van der Waals surface area contributed by atoms with Gasteiger partial charge in [-0.1, -0.05) is 38.3 Å². The molecule has 0 bridgehead atoms. The van der Waals surface area contributed by atoms with Crippen LogP contribution in [0, 0.1) is 16.7 Å². The third-order valence-electron chi connectivity index (χ3n) is 4.74. The summed E-state index contributed by atoms with van der Waals surface area (Å²) in [7, 11) is 1.64. The second kappa shape index (κ2) is 5.06. The van der Waals surface area contributed by atoms with Gasteiger partial charge in [-0.25, -0.2) is 0 Å². The molecule has 19 heavy (non-hydrogen) atoms. The lowest BCUT2D eigenvalue weighted by Crippen LogP contribution is -2.48. The zero-order valence-electron chi connectivity index (χ0n) is 11.8. The summed E-state index contributed by atoms with van der Waals surface area (Å²) in [6.45, 7) is 4.42. The fourth-order valence-corrected chi connectivity index (χ4v) is 3.53. The van der Waals surface area contributed by atoms with Crippen molar-refractivity contribution >= 4 is 11.6 Å². The van der Waals surface area contributed by atoms with Crippen LogP contribution in [0.5, 0.6) is 5.75 Å². The van der Waals surface area contributed by atoms with E-state index in [1.807, 2.05) is 12.1 Å². The number of ether oxygens (including phenoxy) is 1. The van der Waals surface area contributed by atoms with E-state index >= 15 is 0 Å². The number of rotatable bonds is 4. The smallest absolute Gasteiger partial charge is 0.123 e. The molecule has 0 radical (unpaired) electrons. The molecule has 1 aromatic carbocycles. The van der Waals surface area contributed by atoms with Gasteiger partial charge in [0.25, 0.3) is 0 Å². The van der Waals surface area contributed by atoms with Crippen molar-refractivity contribution < 1.29 is 4.74 Å². The molecule has 1 fully saturated rings. The number of halogens is 1. The molecule has 0 unspecified atom stereocenters. The highest BCUT2D eigenvalue weighted by Gasteiger charge is 2.55. The minimum absolute atomic E-state index is 0.309. The number of nitriles is 1. The predicted molar refractivity (Wildman–Crippen MR) is 77.5 cm³/mol. The molecule has 1 aliphatic rings. The SMILES string of the molecule is CCC1(CC)CC(C#N)(c2cc(Cl)ccc2OC)C1. The van der Waals surface area contributed by atoms with Crippen LogP contribution in [0.3, 0.4) is 0 Å². The molecule has 0 atom stereocenters. The topological polar surface area (TPSA) is 33.0 Å². The van der Waals surface area contributed by atoms with Gasteiger partial charge in [-0.2, -0.15) is 5.26 Å². The molecular formula is C16H20ClNO. The van der Waals surface area contributed by atoms with E-state index in [0.717, 1.165) is 37.0 Å². The van der Waals surface area contributed by atoms with Crippen LogP contribution >= 0.6 is 11.6 Å². The van der Waals surface area contributed by atoms with E-state index in [0.29, 0.717) is 10.4 Å². The molecule has 1 aliphatic carbocycles. The molecule has 0 aromatic heterocycles. The van der Waals surface area contributed by atoms with Gasteiger partial charge in [0.1, 0.15) is 5.75 Å². The standard InChI is InChI=1S/C16H20ClNO/c1-4-15(5-2)9-16(10-15,11-18)13-8-12(17)6-7-14(13)19-3/h6-8H,4-5,9-10H2,1-3H3. The Balaban J connectivity index is 2.41. The van der Waals surface area contributed by atoms with Gasteiger partial charge in [0.15, 0.2) is 0 Å². The summed E-state index contributed by atoms with van der Waals surface area (Å²) in [6.07, 6.45) is 4.05. The zero-order valence-corrected chi connectivity index (χ0v) is 12.5. The van der Waals surface area contributed by atoms with Crippen molar-refractivity contribution in [3.8, 4) is 11.8 Å².